The summed E-state index contributed by atoms with van der Waals surface area (Å²) in [6.07, 6.45) is 1.43. The summed E-state index contributed by atoms with van der Waals surface area (Å²) in [6.45, 7) is 5.49. The second kappa shape index (κ2) is 7.43. The number of nitrogens with one attached hydrogen (secondary N) is 2. The minimum Gasteiger partial charge on any atom is -0.326 e. The van der Waals surface area contributed by atoms with Gasteiger partial charge in [-0.2, -0.15) is 0 Å². The number of nitrogens with two attached hydrogens (primary N) is 1. The molecule has 2 amide bonds. The Morgan fingerprint density at radius 3 is 2.33 bits per heavy atom. The van der Waals surface area contributed by atoms with E-state index in [1.165, 1.54) is 0 Å². The smallest absolute Gasteiger partial charge is 0.244 e. The molecule has 0 aliphatic carbocycles. The van der Waals surface area contributed by atoms with E-state index in [1.54, 1.807) is 25.1 Å². The molecule has 0 saturated carbocycles. The van der Waals surface area contributed by atoms with Crippen LogP contribution in [0.5, 0.6) is 0 Å². The highest BCUT2D eigenvalue weighted by molar-refractivity contribution is 6.34. The van der Waals surface area contributed by atoms with E-state index in [9.17, 15) is 9.59 Å². The maximum absolute atomic E-state index is 12.3. The van der Waals surface area contributed by atoms with Gasteiger partial charge in [0.25, 0.3) is 0 Å². The van der Waals surface area contributed by atoms with Crippen LogP contribution in [0.25, 0.3) is 0 Å². The van der Waals surface area contributed by atoms with Gasteiger partial charge in [0.05, 0.1) is 16.2 Å². The molecule has 0 aliphatic rings. The predicted octanol–water partition coefficient (Wildman–Crippen LogP) is 3.14. The van der Waals surface area contributed by atoms with Gasteiger partial charge in [0.15, 0.2) is 0 Å². The fraction of sp³-hybridized carbons (Fsp3) is 0.467. The molecule has 0 heterocycles. The van der Waals surface area contributed by atoms with Crippen LogP contribution >= 0.6 is 11.6 Å². The zero-order valence-electron chi connectivity index (χ0n) is 12.6. The van der Waals surface area contributed by atoms with Gasteiger partial charge in [0.1, 0.15) is 0 Å². The lowest BCUT2D eigenvalue weighted by molar-refractivity contribution is -0.121. The van der Waals surface area contributed by atoms with Crippen LogP contribution in [0, 0.1) is 0 Å². The van der Waals surface area contributed by atoms with E-state index in [-0.39, 0.29) is 11.8 Å². The number of amides is 2. The van der Waals surface area contributed by atoms with Crippen LogP contribution in [-0.2, 0) is 9.59 Å². The summed E-state index contributed by atoms with van der Waals surface area (Å²) in [5.74, 6) is -0.391. The third-order valence-electron chi connectivity index (χ3n) is 3.53. The first kappa shape index (κ1) is 17.5. The molecular formula is C15H22ClN3O2. The lowest BCUT2D eigenvalue weighted by Crippen LogP contribution is -2.50. The Hall–Kier alpha value is -1.59. The molecule has 0 spiro atoms. The van der Waals surface area contributed by atoms with Gasteiger partial charge in [-0.3, -0.25) is 9.59 Å². The van der Waals surface area contributed by atoms with Crippen molar-refractivity contribution >= 4 is 34.8 Å². The second-order valence-electron chi connectivity index (χ2n) is 4.91. The summed E-state index contributed by atoms with van der Waals surface area (Å²) < 4.78 is 0. The number of carbonyl (C=O) groups is 2. The van der Waals surface area contributed by atoms with Crippen LogP contribution < -0.4 is 16.4 Å². The fourth-order valence-electron chi connectivity index (χ4n) is 1.77. The molecule has 0 unspecified atom stereocenters. The summed E-state index contributed by atoms with van der Waals surface area (Å²) in [4.78, 5) is 23.7. The Kier molecular flexibility index (Phi) is 6.18. The average molecular weight is 312 g/mol. The van der Waals surface area contributed by atoms with Crippen molar-refractivity contribution in [3.63, 3.8) is 0 Å². The van der Waals surface area contributed by atoms with Crippen molar-refractivity contribution in [3.8, 4) is 0 Å². The lowest BCUT2D eigenvalue weighted by Gasteiger charge is -2.25. The van der Waals surface area contributed by atoms with Crippen LogP contribution in [0.2, 0.25) is 5.02 Å². The van der Waals surface area contributed by atoms with Crippen molar-refractivity contribution < 1.29 is 9.59 Å². The predicted molar refractivity (Wildman–Crippen MR) is 86.5 cm³/mol. The zero-order chi connectivity index (χ0) is 16.0. The van der Waals surface area contributed by atoms with Gasteiger partial charge in [-0.15, -0.1) is 0 Å². The van der Waals surface area contributed by atoms with E-state index >= 15 is 0 Å². The Morgan fingerprint density at radius 2 is 1.81 bits per heavy atom. The molecule has 5 nitrogen and oxygen atoms in total. The van der Waals surface area contributed by atoms with E-state index in [0.29, 0.717) is 35.7 Å². The topological polar surface area (TPSA) is 84.2 Å². The minimum absolute atomic E-state index is 0.107. The normalized spacial score (nSPS) is 11.1. The van der Waals surface area contributed by atoms with Gasteiger partial charge in [0, 0.05) is 12.1 Å². The summed E-state index contributed by atoms with van der Waals surface area (Å²) in [6, 6.07) is 4.93. The maximum Gasteiger partial charge on any atom is 0.244 e. The van der Waals surface area contributed by atoms with E-state index < -0.39 is 5.54 Å². The number of benzene rings is 1. The molecule has 0 atom stereocenters. The molecule has 1 aromatic rings. The molecule has 116 valence electrons. The third kappa shape index (κ3) is 4.44. The minimum atomic E-state index is -0.925. The van der Waals surface area contributed by atoms with Crippen molar-refractivity contribution in [3.05, 3.63) is 23.2 Å². The van der Waals surface area contributed by atoms with Crippen LogP contribution in [0.3, 0.4) is 0 Å². The lowest BCUT2D eigenvalue weighted by atomic mass is 9.93. The van der Waals surface area contributed by atoms with Gasteiger partial charge in [-0.25, -0.2) is 0 Å². The van der Waals surface area contributed by atoms with E-state index in [0.717, 1.165) is 0 Å². The molecule has 0 aliphatic heterocycles. The number of carbonyl (C=O) groups excluding carboxylic acids is 2. The quantitative estimate of drug-likeness (QED) is 0.754. The number of hydrogen-bond acceptors (Lipinski definition) is 3. The van der Waals surface area contributed by atoms with Crippen LogP contribution in [0.4, 0.5) is 11.4 Å². The van der Waals surface area contributed by atoms with E-state index in [4.69, 9.17) is 17.3 Å². The molecule has 0 bridgehead atoms. The summed E-state index contributed by atoms with van der Waals surface area (Å²) in [7, 11) is 0. The SMILES string of the molecule is CCC(=O)Nc1ccc(Cl)c(NC(=O)C(N)(CC)CC)c1. The molecule has 4 N–H and O–H groups in total. The third-order valence-corrected chi connectivity index (χ3v) is 3.86. The van der Waals surface area contributed by atoms with Gasteiger partial charge in [0.2, 0.25) is 11.8 Å². The highest BCUT2D eigenvalue weighted by Crippen LogP contribution is 2.27. The van der Waals surface area contributed by atoms with Gasteiger partial charge >= 0.3 is 0 Å². The molecule has 6 heteroatoms. The van der Waals surface area contributed by atoms with Crippen LogP contribution in [0.1, 0.15) is 40.0 Å². The van der Waals surface area contributed by atoms with Crippen LogP contribution in [-0.4, -0.2) is 17.4 Å². The Morgan fingerprint density at radius 1 is 1.19 bits per heavy atom. The van der Waals surface area contributed by atoms with Crippen molar-refractivity contribution in [2.45, 2.75) is 45.6 Å². The van der Waals surface area contributed by atoms with Crippen molar-refractivity contribution in [1.29, 1.82) is 0 Å². The Balaban J connectivity index is 2.95. The number of hydrogen-bond donors (Lipinski definition) is 3. The highest BCUT2D eigenvalue weighted by Gasteiger charge is 2.30. The van der Waals surface area contributed by atoms with Gasteiger partial charge in [-0.1, -0.05) is 32.4 Å². The molecule has 1 rings (SSSR count). The Labute approximate surface area is 130 Å². The number of anilines is 2. The highest BCUT2D eigenvalue weighted by atomic mass is 35.5. The van der Waals surface area contributed by atoms with Gasteiger partial charge < -0.3 is 16.4 Å². The maximum atomic E-state index is 12.3. The van der Waals surface area contributed by atoms with Crippen molar-refractivity contribution in [2.75, 3.05) is 10.6 Å². The van der Waals surface area contributed by atoms with Gasteiger partial charge in [-0.05, 0) is 31.0 Å². The first-order valence-electron chi connectivity index (χ1n) is 7.06. The van der Waals surface area contributed by atoms with Crippen molar-refractivity contribution in [1.82, 2.24) is 0 Å². The Bertz CT molecular complexity index is 528. The standard InChI is InChI=1S/C15H22ClN3O2/c1-4-13(20)18-10-7-8-11(16)12(9-10)19-14(21)15(17,5-2)6-3/h7-9H,4-6,17H2,1-3H3,(H,18,20)(H,19,21). The summed E-state index contributed by atoms with van der Waals surface area (Å²) >= 11 is 6.08. The first-order valence-corrected chi connectivity index (χ1v) is 7.43. The average Bonchev–Trinajstić information content (AvgIpc) is 2.49. The summed E-state index contributed by atoms with van der Waals surface area (Å²) in [5, 5.41) is 5.85. The van der Waals surface area contributed by atoms with E-state index in [2.05, 4.69) is 10.6 Å². The molecule has 0 aromatic heterocycles. The van der Waals surface area contributed by atoms with Crippen LogP contribution in [0.15, 0.2) is 18.2 Å². The number of rotatable bonds is 6. The molecule has 0 fully saturated rings. The molecule has 0 saturated heterocycles. The monoisotopic (exact) mass is 311 g/mol. The number of halogens is 1. The molecule has 21 heavy (non-hydrogen) atoms. The molecule has 1 aromatic carbocycles. The largest absolute Gasteiger partial charge is 0.326 e. The fourth-order valence-corrected chi connectivity index (χ4v) is 1.93. The summed E-state index contributed by atoms with van der Waals surface area (Å²) in [5.41, 5.74) is 6.15. The molecule has 0 radical (unpaired) electrons. The second-order valence-corrected chi connectivity index (χ2v) is 5.32. The first-order chi connectivity index (χ1) is 9.86. The zero-order valence-corrected chi connectivity index (χ0v) is 13.4. The van der Waals surface area contributed by atoms with E-state index in [1.807, 2.05) is 13.8 Å². The molecular weight excluding hydrogens is 290 g/mol. The van der Waals surface area contributed by atoms with Crippen molar-refractivity contribution in [2.24, 2.45) is 5.73 Å².